The minimum absolute atomic E-state index is 0.195. The summed E-state index contributed by atoms with van der Waals surface area (Å²) in [6, 6.07) is 169. The monoisotopic (exact) mass is 1610 g/mol. The lowest BCUT2D eigenvalue weighted by molar-refractivity contribution is 0.660. The van der Waals surface area contributed by atoms with Gasteiger partial charge >= 0.3 is 0 Å². The van der Waals surface area contributed by atoms with Crippen molar-refractivity contribution >= 4 is 77.7 Å². The fraction of sp³-hybridized carbons (Fsp3) is 0.0656. The summed E-state index contributed by atoms with van der Waals surface area (Å²) < 4.78 is 4.87. The molecule has 0 unspecified atom stereocenters. The lowest BCUT2D eigenvalue weighted by atomic mass is 9.68. The highest BCUT2D eigenvalue weighted by Crippen LogP contribution is 2.63. The van der Waals surface area contributed by atoms with Gasteiger partial charge in [-0.25, -0.2) is 0 Å². The summed E-state index contributed by atoms with van der Waals surface area (Å²) in [7, 11) is 0. The van der Waals surface area contributed by atoms with Crippen molar-refractivity contribution in [2.45, 2.75) is 49.4 Å². The molecule has 19 aromatic carbocycles. The molecule has 0 N–H and O–H groups in total. The molecule has 4 nitrogen and oxygen atoms in total. The maximum atomic E-state index is 2.54. The second-order valence-electron chi connectivity index (χ2n) is 35.7. The third kappa shape index (κ3) is 10.5. The van der Waals surface area contributed by atoms with E-state index in [0.29, 0.717) is 0 Å². The van der Waals surface area contributed by atoms with Crippen molar-refractivity contribution in [2.24, 2.45) is 0 Å². The van der Waals surface area contributed by atoms with Gasteiger partial charge in [0.2, 0.25) is 0 Å². The van der Waals surface area contributed by atoms with E-state index >= 15 is 0 Å². The van der Waals surface area contributed by atoms with E-state index in [0.717, 1.165) is 56.6 Å². The van der Waals surface area contributed by atoms with Crippen LogP contribution in [-0.4, -0.2) is 9.13 Å². The molecule has 594 valence electrons. The molecule has 4 aliphatic carbocycles. The van der Waals surface area contributed by atoms with Crippen molar-refractivity contribution < 1.29 is 0 Å². The molecule has 0 fully saturated rings. The highest BCUT2D eigenvalue weighted by Gasteiger charge is 2.50. The standard InChI is InChI=1S/C122H86N4/c1-119(2)103-45-23-17-39-93(103)94-71-69-91(77-109(94)119)123(115-53-29-48-107-117(115)99-43-18-24-46-105(99)121(107,83-31-9-5-10-32-83)84-33-11-6-12-34-84)87-61-55-79(56-62-87)80-57-63-89(64-58-80)126-113-52-28-22-42-98(113)102-76-82(60-74-114(102)126)81-59-73-104-101(75-81)95-72-70-92(78-110(95)120(104,3)4)124(88-65-67-90(68-66-88)125-111-50-26-20-40-96(111)97-41-21-27-51-112(97)125)116-54-30-49-108-118(116)100-44-19-25-47-106(100)122(108,85-35-13-7-14-36-85)86-37-15-8-16-38-86/h5-78H,1-4H3. The average molecular weight is 1610 g/mol. The van der Waals surface area contributed by atoms with Crippen LogP contribution in [-0.2, 0) is 21.7 Å². The third-order valence-corrected chi connectivity index (χ3v) is 28.7. The Morgan fingerprint density at radius 1 is 0.190 bits per heavy atom. The van der Waals surface area contributed by atoms with Crippen LogP contribution in [0.15, 0.2) is 449 Å². The summed E-state index contributed by atoms with van der Waals surface area (Å²) in [5, 5.41) is 4.93. The molecule has 0 saturated carbocycles. The predicted octanol–water partition coefficient (Wildman–Crippen LogP) is 31.5. The molecule has 0 saturated heterocycles. The quantitative estimate of drug-likeness (QED) is 0.108. The summed E-state index contributed by atoms with van der Waals surface area (Å²) in [6.07, 6.45) is 0. The van der Waals surface area contributed by atoms with Gasteiger partial charge in [0.25, 0.3) is 0 Å². The summed E-state index contributed by atoms with van der Waals surface area (Å²) in [4.78, 5) is 5.07. The number of benzene rings is 19. The number of nitrogens with zero attached hydrogens (tertiary/aromatic N) is 4. The number of hydrogen-bond donors (Lipinski definition) is 0. The molecule has 21 aromatic rings. The Balaban J connectivity index is 0.568. The highest BCUT2D eigenvalue weighted by molar-refractivity contribution is 6.12. The van der Waals surface area contributed by atoms with Crippen molar-refractivity contribution in [3.8, 4) is 78.1 Å². The Bertz CT molecular complexity index is 7860. The van der Waals surface area contributed by atoms with Crippen molar-refractivity contribution in [1.29, 1.82) is 0 Å². The van der Waals surface area contributed by atoms with Gasteiger partial charge in [0.1, 0.15) is 0 Å². The lowest BCUT2D eigenvalue weighted by Crippen LogP contribution is -2.28. The van der Waals surface area contributed by atoms with Gasteiger partial charge < -0.3 is 18.9 Å². The zero-order chi connectivity index (χ0) is 83.7. The van der Waals surface area contributed by atoms with Gasteiger partial charge in [-0.15, -0.1) is 0 Å². The maximum Gasteiger partial charge on any atom is 0.0714 e. The van der Waals surface area contributed by atoms with Crippen LogP contribution in [0.25, 0.3) is 122 Å². The first-order valence-electron chi connectivity index (χ1n) is 44.2. The van der Waals surface area contributed by atoms with Crippen LogP contribution in [0.5, 0.6) is 0 Å². The fourth-order valence-corrected chi connectivity index (χ4v) is 23.1. The Hall–Kier alpha value is -15.6. The van der Waals surface area contributed by atoms with Crippen LogP contribution in [0.2, 0.25) is 0 Å². The minimum Gasteiger partial charge on any atom is -0.310 e. The molecular formula is C122H86N4. The Kier molecular flexibility index (Phi) is 16.2. The molecule has 0 aliphatic heterocycles. The first-order valence-corrected chi connectivity index (χ1v) is 44.2. The van der Waals surface area contributed by atoms with Crippen LogP contribution in [0.1, 0.15) is 94.5 Å². The predicted molar refractivity (Wildman–Crippen MR) is 525 cm³/mol. The summed E-state index contributed by atoms with van der Waals surface area (Å²) in [5.41, 5.74) is 42.2. The van der Waals surface area contributed by atoms with E-state index in [4.69, 9.17) is 0 Å². The first kappa shape index (κ1) is 73.1. The SMILES string of the molecule is CC1(C)c2ccccc2-c2ccc(N(c3ccc(-c4ccc(-n5c6ccccc6c6cc(-c7ccc8c(c7)-c7ccc(N(c9ccc(-n%10c%11ccccc%11c%11ccccc%11%10)cc9)c9cccc%10c9-c9ccccc9C%10(c9ccccc9)c9ccccc9)cc7C8(C)C)ccc65)cc4)cc3)c3cccc4c3-c3ccccc3C4(c3ccccc3)c3ccccc3)cc21. The Morgan fingerprint density at radius 3 is 0.976 bits per heavy atom. The third-order valence-electron chi connectivity index (χ3n) is 28.7. The topological polar surface area (TPSA) is 16.3 Å². The molecule has 25 rings (SSSR count). The van der Waals surface area contributed by atoms with E-state index in [1.807, 2.05) is 0 Å². The molecule has 2 aromatic heterocycles. The fourth-order valence-electron chi connectivity index (χ4n) is 23.1. The molecule has 0 spiro atoms. The molecule has 4 aliphatic rings. The number of hydrogen-bond acceptors (Lipinski definition) is 2. The number of fused-ring (bicyclic) bond motifs is 18. The molecule has 0 atom stereocenters. The second kappa shape index (κ2) is 28.0. The molecule has 2 heterocycles. The van der Waals surface area contributed by atoms with E-state index in [1.165, 1.54) is 166 Å². The van der Waals surface area contributed by atoms with Crippen molar-refractivity contribution in [3.63, 3.8) is 0 Å². The molecule has 0 amide bonds. The number of rotatable bonds is 14. The number of aromatic nitrogens is 2. The van der Waals surface area contributed by atoms with Gasteiger partial charge in [-0.3, -0.25) is 0 Å². The average Bonchev–Trinajstić information content (AvgIpc) is 1.54. The van der Waals surface area contributed by atoms with E-state index < -0.39 is 10.8 Å². The Morgan fingerprint density at radius 2 is 0.508 bits per heavy atom. The van der Waals surface area contributed by atoms with Crippen LogP contribution in [0.3, 0.4) is 0 Å². The van der Waals surface area contributed by atoms with Crippen LogP contribution in [0.4, 0.5) is 34.1 Å². The number of para-hydroxylation sites is 3. The van der Waals surface area contributed by atoms with Crippen LogP contribution >= 0.6 is 0 Å². The maximum absolute atomic E-state index is 2.54. The lowest BCUT2D eigenvalue weighted by Gasteiger charge is -2.34. The van der Waals surface area contributed by atoms with Gasteiger partial charge in [0.05, 0.1) is 44.3 Å². The van der Waals surface area contributed by atoms with Gasteiger partial charge in [-0.2, -0.15) is 0 Å². The van der Waals surface area contributed by atoms with E-state index in [2.05, 4.69) is 496 Å². The van der Waals surface area contributed by atoms with Crippen molar-refractivity contribution in [3.05, 3.63) is 516 Å². The largest absolute Gasteiger partial charge is 0.310 e. The van der Waals surface area contributed by atoms with E-state index in [9.17, 15) is 0 Å². The molecule has 4 heteroatoms. The summed E-state index contributed by atoms with van der Waals surface area (Å²) in [6.45, 7) is 9.60. The number of anilines is 6. The zero-order valence-electron chi connectivity index (χ0n) is 70.5. The van der Waals surface area contributed by atoms with Gasteiger partial charge in [-0.05, 0) is 244 Å². The molecule has 0 bridgehead atoms. The molecule has 126 heavy (non-hydrogen) atoms. The minimum atomic E-state index is -0.576. The smallest absolute Gasteiger partial charge is 0.0714 e. The van der Waals surface area contributed by atoms with Gasteiger partial charge in [0.15, 0.2) is 0 Å². The summed E-state index contributed by atoms with van der Waals surface area (Å²) >= 11 is 0. The Labute approximate surface area is 734 Å². The summed E-state index contributed by atoms with van der Waals surface area (Å²) in [5.74, 6) is 0. The zero-order valence-corrected chi connectivity index (χ0v) is 70.5. The van der Waals surface area contributed by atoms with Gasteiger partial charge in [0, 0.05) is 77.6 Å². The van der Waals surface area contributed by atoms with E-state index in [1.54, 1.807) is 0 Å². The van der Waals surface area contributed by atoms with Gasteiger partial charge in [-0.1, -0.05) is 355 Å². The van der Waals surface area contributed by atoms with Crippen LogP contribution in [0, 0.1) is 0 Å². The van der Waals surface area contributed by atoms with Crippen molar-refractivity contribution in [2.75, 3.05) is 9.80 Å². The van der Waals surface area contributed by atoms with Crippen LogP contribution < -0.4 is 9.80 Å². The second-order valence-corrected chi connectivity index (χ2v) is 35.7. The molecule has 0 radical (unpaired) electrons. The van der Waals surface area contributed by atoms with Crippen molar-refractivity contribution in [1.82, 2.24) is 9.13 Å². The highest BCUT2D eigenvalue weighted by atomic mass is 15.2. The normalized spacial score (nSPS) is 14.1. The first-order chi connectivity index (χ1) is 62.0. The molecular weight excluding hydrogens is 1520 g/mol. The van der Waals surface area contributed by atoms with E-state index in [-0.39, 0.29) is 10.8 Å².